The summed E-state index contributed by atoms with van der Waals surface area (Å²) in [5.41, 5.74) is 1.85. The van der Waals surface area contributed by atoms with Crippen LogP contribution in [0, 0.1) is 5.82 Å². The third-order valence-corrected chi connectivity index (χ3v) is 8.55. The molecule has 1 saturated carbocycles. The van der Waals surface area contributed by atoms with Crippen molar-refractivity contribution < 1.29 is 14.6 Å². The van der Waals surface area contributed by atoms with Crippen LogP contribution in [0.15, 0.2) is 85.6 Å². The second kappa shape index (κ2) is 10.9. The average molecular weight is 568 g/mol. The Kier molecular flexibility index (Phi) is 6.97. The number of halogens is 1. The van der Waals surface area contributed by atoms with Crippen LogP contribution in [0.1, 0.15) is 30.4 Å². The molecular formula is C32H34FN7O2. The minimum absolute atomic E-state index is 0.222. The van der Waals surface area contributed by atoms with E-state index in [9.17, 15) is 10.2 Å². The summed E-state index contributed by atoms with van der Waals surface area (Å²) in [5.74, 6) is 0.466. The SMILES string of the molecule is O[C@H]1CN(Cc2ccccc2)CC[C@]1(O)Cn1ccc2c(N(Cc3ccc(-n4cccn4)cc3F)C3CC3)ncnc21. The van der Waals surface area contributed by atoms with Gasteiger partial charge in [-0.15, -0.1) is 0 Å². The second-order valence-electron chi connectivity index (χ2n) is 11.6. The van der Waals surface area contributed by atoms with Crippen LogP contribution < -0.4 is 4.90 Å². The molecule has 10 heteroatoms. The number of aliphatic hydroxyl groups excluding tert-OH is 1. The van der Waals surface area contributed by atoms with E-state index in [0.717, 1.165) is 30.6 Å². The van der Waals surface area contributed by atoms with E-state index in [1.54, 1.807) is 23.1 Å². The lowest BCUT2D eigenvalue weighted by molar-refractivity contribution is -0.128. The number of fused-ring (bicyclic) bond motifs is 1. The zero-order chi connectivity index (χ0) is 28.7. The molecule has 0 radical (unpaired) electrons. The van der Waals surface area contributed by atoms with Crippen LogP contribution in [0.5, 0.6) is 0 Å². The Bertz CT molecular complexity index is 1670. The molecule has 2 N–H and O–H groups in total. The predicted octanol–water partition coefficient (Wildman–Crippen LogP) is 3.92. The van der Waals surface area contributed by atoms with Gasteiger partial charge in [-0.25, -0.2) is 19.0 Å². The van der Waals surface area contributed by atoms with E-state index >= 15 is 4.39 Å². The van der Waals surface area contributed by atoms with E-state index in [0.29, 0.717) is 43.0 Å². The van der Waals surface area contributed by atoms with Crippen molar-refractivity contribution in [2.24, 2.45) is 0 Å². The van der Waals surface area contributed by atoms with E-state index < -0.39 is 11.7 Å². The highest BCUT2D eigenvalue weighted by atomic mass is 19.1. The van der Waals surface area contributed by atoms with Crippen LogP contribution in [-0.2, 0) is 19.6 Å². The quantitative estimate of drug-likeness (QED) is 0.279. The molecule has 0 spiro atoms. The van der Waals surface area contributed by atoms with Gasteiger partial charge in [0.2, 0.25) is 0 Å². The number of likely N-dealkylation sites (tertiary alicyclic amines) is 1. The fraction of sp³-hybridized carbons (Fsp3) is 0.344. The van der Waals surface area contributed by atoms with Gasteiger partial charge in [0.1, 0.15) is 29.2 Å². The van der Waals surface area contributed by atoms with Gasteiger partial charge in [-0.05, 0) is 49.1 Å². The summed E-state index contributed by atoms with van der Waals surface area (Å²) in [6, 6.07) is 19.4. The number of β-amino-alcohol motifs (C(OH)–C–C–N with tert-alkyl or cyclic N) is 1. The van der Waals surface area contributed by atoms with Crippen LogP contribution in [0.3, 0.4) is 0 Å². The zero-order valence-electron chi connectivity index (χ0n) is 23.3. The van der Waals surface area contributed by atoms with Gasteiger partial charge in [0.25, 0.3) is 0 Å². The van der Waals surface area contributed by atoms with Crippen molar-refractivity contribution in [1.82, 2.24) is 29.2 Å². The van der Waals surface area contributed by atoms with Crippen molar-refractivity contribution in [2.45, 2.75) is 56.6 Å². The predicted molar refractivity (Wildman–Crippen MR) is 158 cm³/mol. The first-order chi connectivity index (χ1) is 20.5. The van der Waals surface area contributed by atoms with Gasteiger partial charge in [-0.3, -0.25) is 4.90 Å². The summed E-state index contributed by atoms with van der Waals surface area (Å²) in [6.07, 6.45) is 8.47. The first-order valence-corrected chi connectivity index (χ1v) is 14.5. The van der Waals surface area contributed by atoms with Crippen LogP contribution in [-0.4, -0.2) is 70.3 Å². The Morgan fingerprint density at radius 1 is 1.02 bits per heavy atom. The fourth-order valence-electron chi connectivity index (χ4n) is 6.01. The van der Waals surface area contributed by atoms with Crippen molar-refractivity contribution >= 4 is 16.9 Å². The Labute approximate surface area is 243 Å². The van der Waals surface area contributed by atoms with Gasteiger partial charge >= 0.3 is 0 Å². The Morgan fingerprint density at radius 3 is 2.62 bits per heavy atom. The van der Waals surface area contributed by atoms with Crippen LogP contribution in [0.4, 0.5) is 10.2 Å². The number of hydrogen-bond donors (Lipinski definition) is 2. The van der Waals surface area contributed by atoms with Crippen molar-refractivity contribution in [2.75, 3.05) is 18.0 Å². The molecule has 2 aliphatic rings. The highest BCUT2D eigenvalue weighted by molar-refractivity contribution is 5.88. The molecule has 4 heterocycles. The Balaban J connectivity index is 1.10. The van der Waals surface area contributed by atoms with Crippen molar-refractivity contribution in [3.8, 4) is 5.69 Å². The molecular weight excluding hydrogens is 533 g/mol. The number of nitrogens with zero attached hydrogens (tertiary/aromatic N) is 7. The highest BCUT2D eigenvalue weighted by Gasteiger charge is 2.41. The molecule has 0 unspecified atom stereocenters. The van der Waals surface area contributed by atoms with E-state index in [2.05, 4.69) is 37.0 Å². The molecule has 0 amide bonds. The molecule has 0 bridgehead atoms. The minimum atomic E-state index is -1.28. The molecule has 2 fully saturated rings. The molecule has 1 aliphatic carbocycles. The van der Waals surface area contributed by atoms with Crippen molar-refractivity contribution in [3.63, 3.8) is 0 Å². The standard InChI is InChI=1S/C32H34FN7O2/c33-28-17-26(40-14-4-13-36-40)8-7-24(28)19-39(25-9-10-25)31-27-11-15-38(30(27)34-22-35-31)21-32(42)12-16-37(20-29(32)41)18-23-5-2-1-3-6-23/h1-8,11,13-15,17,22,25,29,41-42H,9-10,12,16,18-21H2/t29-,32-/m0/s1. The molecule has 1 saturated heterocycles. The normalized spacial score (nSPS) is 21.2. The maximum Gasteiger partial charge on any atom is 0.145 e. The maximum atomic E-state index is 15.2. The largest absolute Gasteiger partial charge is 0.389 e. The van der Waals surface area contributed by atoms with Gasteiger partial charge in [0.15, 0.2) is 0 Å². The van der Waals surface area contributed by atoms with E-state index in [1.807, 2.05) is 47.2 Å². The van der Waals surface area contributed by atoms with Crippen LogP contribution in [0.2, 0.25) is 0 Å². The molecule has 216 valence electrons. The number of benzene rings is 2. The van der Waals surface area contributed by atoms with E-state index in [-0.39, 0.29) is 18.4 Å². The van der Waals surface area contributed by atoms with Gasteiger partial charge in [-0.1, -0.05) is 36.4 Å². The first-order valence-electron chi connectivity index (χ1n) is 14.5. The smallest absolute Gasteiger partial charge is 0.145 e. The topological polar surface area (TPSA) is 95.5 Å². The number of hydrogen-bond acceptors (Lipinski definition) is 7. The molecule has 9 nitrogen and oxygen atoms in total. The third kappa shape index (κ3) is 5.29. The number of piperidine rings is 1. The highest BCUT2D eigenvalue weighted by Crippen LogP contribution is 2.36. The summed E-state index contributed by atoms with van der Waals surface area (Å²) >= 11 is 0. The number of aromatic nitrogens is 5. The number of anilines is 1. The molecule has 42 heavy (non-hydrogen) atoms. The third-order valence-electron chi connectivity index (χ3n) is 8.55. The lowest BCUT2D eigenvalue weighted by Gasteiger charge is -2.42. The van der Waals surface area contributed by atoms with Gasteiger partial charge in [-0.2, -0.15) is 5.10 Å². The summed E-state index contributed by atoms with van der Waals surface area (Å²) in [6.45, 7) is 2.42. The summed E-state index contributed by atoms with van der Waals surface area (Å²) in [5, 5.41) is 27.6. The monoisotopic (exact) mass is 567 g/mol. The molecule has 2 aromatic carbocycles. The average Bonchev–Trinajstić information content (AvgIpc) is 3.52. The summed E-state index contributed by atoms with van der Waals surface area (Å²) < 4.78 is 18.8. The Hall–Kier alpha value is -4.12. The number of rotatable bonds is 9. The molecule has 3 aromatic heterocycles. The van der Waals surface area contributed by atoms with Crippen LogP contribution in [0.25, 0.3) is 16.7 Å². The number of aliphatic hydroxyl groups is 2. The van der Waals surface area contributed by atoms with Gasteiger partial charge < -0.3 is 19.7 Å². The minimum Gasteiger partial charge on any atom is -0.389 e. The van der Waals surface area contributed by atoms with E-state index in [1.165, 1.54) is 18.0 Å². The summed E-state index contributed by atoms with van der Waals surface area (Å²) in [7, 11) is 0. The first kappa shape index (κ1) is 26.8. The lowest BCUT2D eigenvalue weighted by Crippen LogP contribution is -2.57. The Morgan fingerprint density at radius 2 is 1.88 bits per heavy atom. The van der Waals surface area contributed by atoms with Gasteiger partial charge in [0, 0.05) is 56.4 Å². The second-order valence-corrected chi connectivity index (χ2v) is 11.6. The van der Waals surface area contributed by atoms with Crippen molar-refractivity contribution in [3.05, 3.63) is 103 Å². The van der Waals surface area contributed by atoms with Gasteiger partial charge in [0.05, 0.1) is 23.7 Å². The molecule has 7 rings (SSSR count). The lowest BCUT2D eigenvalue weighted by atomic mass is 9.88. The van der Waals surface area contributed by atoms with Crippen LogP contribution >= 0.6 is 0 Å². The molecule has 2 atom stereocenters. The fourth-order valence-corrected chi connectivity index (χ4v) is 6.01. The molecule has 5 aromatic rings. The maximum absolute atomic E-state index is 15.2. The van der Waals surface area contributed by atoms with E-state index in [4.69, 9.17) is 0 Å². The van der Waals surface area contributed by atoms with Crippen molar-refractivity contribution in [1.29, 1.82) is 0 Å². The molecule has 1 aliphatic heterocycles. The summed E-state index contributed by atoms with van der Waals surface area (Å²) in [4.78, 5) is 13.5. The zero-order valence-corrected chi connectivity index (χ0v) is 23.3.